The topological polar surface area (TPSA) is 120 Å². The Morgan fingerprint density at radius 3 is 2.50 bits per heavy atom. The molecule has 0 bridgehead atoms. The maximum atomic E-state index is 12.3. The number of hydrogen-bond donors (Lipinski definition) is 1. The van der Waals surface area contributed by atoms with Crippen LogP contribution in [0.25, 0.3) is 10.9 Å². The fraction of sp³-hybridized carbons (Fsp3) is 0.158. The quantitative estimate of drug-likeness (QED) is 0.624. The lowest BCUT2D eigenvalue weighted by molar-refractivity contribution is -0.148. The number of nitrogens with one attached hydrogen (secondary N) is 1. The minimum absolute atomic E-state index is 0.0416. The van der Waals surface area contributed by atoms with E-state index in [4.69, 9.17) is 4.74 Å². The van der Waals surface area contributed by atoms with Gasteiger partial charge in [-0.15, -0.1) is 5.10 Å². The van der Waals surface area contributed by atoms with E-state index in [-0.39, 0.29) is 18.5 Å². The highest BCUT2D eigenvalue weighted by Gasteiger charge is 2.13. The van der Waals surface area contributed by atoms with Crippen molar-refractivity contribution in [1.82, 2.24) is 20.3 Å². The lowest BCUT2D eigenvalue weighted by atomic mass is 10.2. The van der Waals surface area contributed by atoms with Crippen molar-refractivity contribution < 1.29 is 19.1 Å². The number of aryl methyl sites for hydroxylation is 1. The molecule has 2 amide bonds. The molecule has 0 aliphatic carbocycles. The van der Waals surface area contributed by atoms with Crippen molar-refractivity contribution in [3.63, 3.8) is 0 Å². The average Bonchev–Trinajstić information content (AvgIpc) is 2.72. The number of esters is 1. The van der Waals surface area contributed by atoms with Crippen LogP contribution >= 0.6 is 0 Å². The fourth-order valence-corrected chi connectivity index (χ4v) is 2.41. The van der Waals surface area contributed by atoms with Crippen LogP contribution in [0.1, 0.15) is 16.8 Å². The van der Waals surface area contributed by atoms with Gasteiger partial charge in [0, 0.05) is 5.56 Å². The molecule has 0 saturated carbocycles. The maximum Gasteiger partial charge on any atom is 0.308 e. The van der Waals surface area contributed by atoms with Crippen LogP contribution in [0.2, 0.25) is 0 Å². The second kappa shape index (κ2) is 8.67. The van der Waals surface area contributed by atoms with Crippen molar-refractivity contribution in [2.45, 2.75) is 13.0 Å². The third-order valence-corrected chi connectivity index (χ3v) is 3.81. The van der Waals surface area contributed by atoms with E-state index in [1.54, 1.807) is 54.6 Å². The molecule has 2 aromatic carbocycles. The lowest BCUT2D eigenvalue weighted by Crippen LogP contribution is -2.34. The molecule has 9 nitrogen and oxygen atoms in total. The Labute approximate surface area is 158 Å². The van der Waals surface area contributed by atoms with Gasteiger partial charge in [0.25, 0.3) is 17.4 Å². The van der Waals surface area contributed by atoms with Crippen molar-refractivity contribution in [3.05, 3.63) is 70.5 Å². The monoisotopic (exact) mass is 380 g/mol. The summed E-state index contributed by atoms with van der Waals surface area (Å²) in [4.78, 5) is 47.6. The molecule has 1 N–H and O–H groups in total. The highest BCUT2D eigenvalue weighted by molar-refractivity contribution is 6.05. The maximum absolute atomic E-state index is 12.3. The van der Waals surface area contributed by atoms with Crippen LogP contribution in [0.5, 0.6) is 0 Å². The number of ether oxygens (including phenoxy) is 1. The summed E-state index contributed by atoms with van der Waals surface area (Å²) in [5, 5.41) is 10.2. The standard InChI is InChI=1S/C19H16N4O5/c24-16(20-18(26)13-6-2-1-3-7-13)12-28-17(25)10-11-23-19(27)14-8-4-5-9-15(14)21-22-23/h1-9H,10-12H2,(H,20,24,26). The number of carbonyl (C=O) groups excluding carboxylic acids is 3. The summed E-state index contributed by atoms with van der Waals surface area (Å²) in [7, 11) is 0. The zero-order valence-electron chi connectivity index (χ0n) is 14.7. The van der Waals surface area contributed by atoms with Gasteiger partial charge in [-0.05, 0) is 24.3 Å². The Kier molecular flexibility index (Phi) is 5.85. The summed E-state index contributed by atoms with van der Waals surface area (Å²) in [6.07, 6.45) is -0.174. The zero-order chi connectivity index (χ0) is 19.9. The Morgan fingerprint density at radius 1 is 1.00 bits per heavy atom. The van der Waals surface area contributed by atoms with Gasteiger partial charge in [-0.2, -0.15) is 0 Å². The number of aromatic nitrogens is 3. The molecule has 0 fully saturated rings. The molecule has 3 rings (SSSR count). The summed E-state index contributed by atoms with van der Waals surface area (Å²) in [5.41, 5.74) is 0.409. The SMILES string of the molecule is O=C(COC(=O)CCn1nnc2ccccc2c1=O)NC(=O)c1ccccc1. The molecule has 0 spiro atoms. The first-order valence-electron chi connectivity index (χ1n) is 8.42. The van der Waals surface area contributed by atoms with Crippen LogP contribution in [0.4, 0.5) is 0 Å². The van der Waals surface area contributed by atoms with E-state index in [0.29, 0.717) is 16.5 Å². The summed E-state index contributed by atoms with van der Waals surface area (Å²) in [6.45, 7) is -0.643. The molecule has 142 valence electrons. The summed E-state index contributed by atoms with van der Waals surface area (Å²) >= 11 is 0. The third kappa shape index (κ3) is 4.64. The molecule has 0 radical (unpaired) electrons. The summed E-state index contributed by atoms with van der Waals surface area (Å²) in [5.74, 6) is -2.03. The smallest absolute Gasteiger partial charge is 0.308 e. The predicted molar refractivity (Wildman–Crippen MR) is 98.3 cm³/mol. The fourth-order valence-electron chi connectivity index (χ4n) is 2.41. The van der Waals surface area contributed by atoms with E-state index in [2.05, 4.69) is 15.6 Å². The number of benzene rings is 2. The Balaban J connectivity index is 1.48. The molecule has 1 heterocycles. The number of nitrogens with zero attached hydrogens (tertiary/aromatic N) is 3. The molecule has 0 aliphatic rings. The molecular formula is C19H16N4O5. The van der Waals surface area contributed by atoms with Gasteiger partial charge in [0.1, 0.15) is 5.52 Å². The first kappa shape index (κ1) is 18.9. The Hall–Kier alpha value is -3.88. The number of rotatable bonds is 6. The molecule has 0 aliphatic heterocycles. The zero-order valence-corrected chi connectivity index (χ0v) is 14.7. The van der Waals surface area contributed by atoms with Crippen molar-refractivity contribution in [1.29, 1.82) is 0 Å². The van der Waals surface area contributed by atoms with E-state index in [1.165, 1.54) is 0 Å². The second-order valence-corrected chi connectivity index (χ2v) is 5.79. The Morgan fingerprint density at radius 2 is 1.71 bits per heavy atom. The number of carbonyl (C=O) groups is 3. The molecular weight excluding hydrogens is 364 g/mol. The van der Waals surface area contributed by atoms with Crippen molar-refractivity contribution >= 4 is 28.7 Å². The normalized spacial score (nSPS) is 10.4. The van der Waals surface area contributed by atoms with Gasteiger partial charge in [0.2, 0.25) is 0 Å². The third-order valence-electron chi connectivity index (χ3n) is 3.81. The summed E-state index contributed by atoms with van der Waals surface area (Å²) in [6, 6.07) is 14.9. The van der Waals surface area contributed by atoms with E-state index >= 15 is 0 Å². The number of amides is 2. The predicted octanol–water partition coefficient (Wildman–Crippen LogP) is 0.681. The van der Waals surface area contributed by atoms with Gasteiger partial charge in [-0.1, -0.05) is 35.5 Å². The largest absolute Gasteiger partial charge is 0.456 e. The molecule has 28 heavy (non-hydrogen) atoms. The van der Waals surface area contributed by atoms with Gasteiger partial charge in [-0.25, -0.2) is 4.68 Å². The van der Waals surface area contributed by atoms with Gasteiger partial charge in [0.05, 0.1) is 18.4 Å². The molecule has 0 atom stereocenters. The summed E-state index contributed by atoms with van der Waals surface area (Å²) < 4.78 is 5.88. The van der Waals surface area contributed by atoms with Gasteiger partial charge >= 0.3 is 5.97 Å². The van der Waals surface area contributed by atoms with E-state index < -0.39 is 24.4 Å². The highest BCUT2D eigenvalue weighted by atomic mass is 16.5. The van der Waals surface area contributed by atoms with Crippen LogP contribution in [0.15, 0.2) is 59.4 Å². The van der Waals surface area contributed by atoms with Crippen LogP contribution in [0, 0.1) is 0 Å². The molecule has 0 saturated heterocycles. The highest BCUT2D eigenvalue weighted by Crippen LogP contribution is 2.03. The number of fused-ring (bicyclic) bond motifs is 1. The van der Waals surface area contributed by atoms with Gasteiger partial charge < -0.3 is 4.74 Å². The minimum atomic E-state index is -0.745. The molecule has 9 heteroatoms. The van der Waals surface area contributed by atoms with Crippen molar-refractivity contribution in [3.8, 4) is 0 Å². The lowest BCUT2D eigenvalue weighted by Gasteiger charge is -2.07. The van der Waals surface area contributed by atoms with Crippen LogP contribution in [-0.2, 0) is 20.9 Å². The van der Waals surface area contributed by atoms with Gasteiger partial charge in [0.15, 0.2) is 6.61 Å². The van der Waals surface area contributed by atoms with Crippen LogP contribution < -0.4 is 10.9 Å². The van der Waals surface area contributed by atoms with Crippen LogP contribution in [-0.4, -0.2) is 39.4 Å². The van der Waals surface area contributed by atoms with Crippen molar-refractivity contribution in [2.24, 2.45) is 0 Å². The van der Waals surface area contributed by atoms with E-state index in [1.807, 2.05) is 0 Å². The molecule has 3 aromatic rings. The first-order chi connectivity index (χ1) is 13.5. The second-order valence-electron chi connectivity index (χ2n) is 5.79. The number of hydrogen-bond acceptors (Lipinski definition) is 7. The van der Waals surface area contributed by atoms with E-state index in [0.717, 1.165) is 4.68 Å². The van der Waals surface area contributed by atoms with Crippen LogP contribution in [0.3, 0.4) is 0 Å². The first-order valence-corrected chi connectivity index (χ1v) is 8.42. The Bertz CT molecular complexity index is 1080. The molecule has 0 unspecified atom stereocenters. The molecule has 1 aromatic heterocycles. The number of imide groups is 1. The van der Waals surface area contributed by atoms with Gasteiger partial charge in [-0.3, -0.25) is 24.5 Å². The average molecular weight is 380 g/mol. The van der Waals surface area contributed by atoms with Crippen molar-refractivity contribution in [2.75, 3.05) is 6.61 Å². The minimum Gasteiger partial charge on any atom is -0.456 e. The van der Waals surface area contributed by atoms with E-state index in [9.17, 15) is 19.2 Å².